The molecule has 0 spiro atoms. The highest BCUT2D eigenvalue weighted by molar-refractivity contribution is 5.03. The Balaban J connectivity index is 2.47. The molecule has 1 aromatic heterocycles. The van der Waals surface area contributed by atoms with Gasteiger partial charge in [-0.05, 0) is 19.4 Å². The Hall–Kier alpha value is -1.40. The first-order valence-electron chi connectivity index (χ1n) is 6.21. The normalized spacial score (nSPS) is 10.8. The minimum Gasteiger partial charge on any atom is -0.385 e. The van der Waals surface area contributed by atoms with Crippen LogP contribution in [0.5, 0.6) is 0 Å². The van der Waals surface area contributed by atoms with Crippen molar-refractivity contribution >= 4 is 0 Å². The summed E-state index contributed by atoms with van der Waals surface area (Å²) < 4.78 is 6.47. The molecule has 6 heteroatoms. The highest BCUT2D eigenvalue weighted by Crippen LogP contribution is 1.88. The first kappa shape index (κ1) is 14.7. The van der Waals surface area contributed by atoms with E-state index in [0.29, 0.717) is 25.1 Å². The van der Waals surface area contributed by atoms with Crippen LogP contribution < -0.4 is 16.6 Å². The number of hydrogen-bond acceptors (Lipinski definition) is 4. The Morgan fingerprint density at radius 1 is 1.39 bits per heavy atom. The van der Waals surface area contributed by atoms with Crippen LogP contribution in [0.3, 0.4) is 0 Å². The molecule has 6 nitrogen and oxygen atoms in total. The molecule has 0 unspecified atom stereocenters. The summed E-state index contributed by atoms with van der Waals surface area (Å²) in [7, 11) is 1.67. The van der Waals surface area contributed by atoms with Gasteiger partial charge in [0.1, 0.15) is 0 Å². The number of ether oxygens (including phenoxy) is 1. The van der Waals surface area contributed by atoms with E-state index in [1.165, 1.54) is 4.57 Å². The van der Waals surface area contributed by atoms with Crippen LogP contribution in [0.1, 0.15) is 18.9 Å². The fraction of sp³-hybridized carbons (Fsp3) is 0.667. The van der Waals surface area contributed by atoms with Crippen LogP contribution in [0.2, 0.25) is 0 Å². The molecule has 0 saturated heterocycles. The van der Waals surface area contributed by atoms with Crippen molar-refractivity contribution in [1.82, 2.24) is 14.9 Å². The number of aryl methyl sites for hydroxylation is 1. The third kappa shape index (κ3) is 4.46. The molecule has 0 aromatic carbocycles. The molecule has 0 saturated carbocycles. The molecule has 0 aliphatic carbocycles. The third-order valence-corrected chi connectivity index (χ3v) is 2.70. The van der Waals surface area contributed by atoms with Crippen molar-refractivity contribution in [3.8, 4) is 0 Å². The number of methoxy groups -OCH3 is 1. The van der Waals surface area contributed by atoms with Gasteiger partial charge in [-0.1, -0.05) is 6.92 Å². The van der Waals surface area contributed by atoms with Gasteiger partial charge in [0.25, 0.3) is 5.56 Å². The predicted molar refractivity (Wildman–Crippen MR) is 70.1 cm³/mol. The monoisotopic (exact) mass is 255 g/mol. The van der Waals surface area contributed by atoms with Gasteiger partial charge in [-0.2, -0.15) is 0 Å². The van der Waals surface area contributed by atoms with Crippen LogP contribution >= 0.6 is 0 Å². The zero-order valence-corrected chi connectivity index (χ0v) is 11.0. The molecule has 0 atom stereocenters. The van der Waals surface area contributed by atoms with Gasteiger partial charge in [0.15, 0.2) is 0 Å². The Labute approximate surface area is 106 Å². The molecule has 0 amide bonds. The number of rotatable bonds is 8. The van der Waals surface area contributed by atoms with E-state index in [1.54, 1.807) is 13.3 Å². The minimum absolute atomic E-state index is 0.285. The molecule has 1 aromatic rings. The maximum absolute atomic E-state index is 11.5. The Bertz CT molecular complexity index is 464. The maximum atomic E-state index is 11.5. The SMILES string of the molecule is CCc1cn(CCNCCCOC)c(=O)[nH]c1=O. The number of nitrogens with one attached hydrogen (secondary N) is 2. The van der Waals surface area contributed by atoms with E-state index in [1.807, 2.05) is 6.92 Å². The van der Waals surface area contributed by atoms with Gasteiger partial charge in [-0.3, -0.25) is 14.3 Å². The topological polar surface area (TPSA) is 76.1 Å². The van der Waals surface area contributed by atoms with Crippen LogP contribution in [-0.4, -0.2) is 36.4 Å². The molecule has 0 aliphatic heterocycles. The quantitative estimate of drug-likeness (QED) is 0.627. The van der Waals surface area contributed by atoms with E-state index in [-0.39, 0.29) is 11.2 Å². The first-order valence-corrected chi connectivity index (χ1v) is 6.21. The Morgan fingerprint density at radius 2 is 2.17 bits per heavy atom. The third-order valence-electron chi connectivity index (χ3n) is 2.70. The van der Waals surface area contributed by atoms with Crippen LogP contribution in [0, 0.1) is 0 Å². The van der Waals surface area contributed by atoms with Gasteiger partial charge in [-0.15, -0.1) is 0 Å². The number of H-pyrrole nitrogens is 1. The maximum Gasteiger partial charge on any atom is 0.328 e. The summed E-state index contributed by atoms with van der Waals surface area (Å²) in [6, 6.07) is 0. The molecule has 0 fully saturated rings. The lowest BCUT2D eigenvalue weighted by molar-refractivity contribution is 0.194. The number of hydrogen-bond donors (Lipinski definition) is 2. The van der Waals surface area contributed by atoms with Crippen molar-refractivity contribution in [1.29, 1.82) is 0 Å². The van der Waals surface area contributed by atoms with Crippen molar-refractivity contribution in [3.63, 3.8) is 0 Å². The van der Waals surface area contributed by atoms with Gasteiger partial charge < -0.3 is 10.1 Å². The molecule has 1 heterocycles. The molecular weight excluding hydrogens is 234 g/mol. The molecule has 102 valence electrons. The van der Waals surface area contributed by atoms with Crippen LogP contribution in [0.15, 0.2) is 15.8 Å². The highest BCUT2D eigenvalue weighted by atomic mass is 16.5. The van der Waals surface area contributed by atoms with E-state index in [2.05, 4.69) is 10.3 Å². The lowest BCUT2D eigenvalue weighted by atomic mass is 10.3. The van der Waals surface area contributed by atoms with E-state index >= 15 is 0 Å². The second kappa shape index (κ2) is 7.84. The zero-order valence-electron chi connectivity index (χ0n) is 11.0. The van der Waals surface area contributed by atoms with Gasteiger partial charge >= 0.3 is 5.69 Å². The zero-order chi connectivity index (χ0) is 13.4. The van der Waals surface area contributed by atoms with Crippen LogP contribution in [0.4, 0.5) is 0 Å². The lowest BCUT2D eigenvalue weighted by Gasteiger charge is -2.08. The Morgan fingerprint density at radius 3 is 2.83 bits per heavy atom. The molecule has 2 N–H and O–H groups in total. The predicted octanol–water partition coefficient (Wildman–Crippen LogP) is -0.275. The molecule has 18 heavy (non-hydrogen) atoms. The van der Waals surface area contributed by atoms with Crippen molar-refractivity contribution in [3.05, 3.63) is 32.6 Å². The standard InChI is InChI=1S/C12H21N3O3/c1-3-10-9-15(12(17)14-11(10)16)7-6-13-5-4-8-18-2/h9,13H,3-8H2,1-2H3,(H,14,16,17). The van der Waals surface area contributed by atoms with E-state index in [4.69, 9.17) is 4.74 Å². The summed E-state index contributed by atoms with van der Waals surface area (Å²) in [5, 5.41) is 3.22. The molecular formula is C12H21N3O3. The summed E-state index contributed by atoms with van der Waals surface area (Å²) in [6.45, 7) is 4.72. The number of nitrogens with zero attached hydrogens (tertiary/aromatic N) is 1. The number of aromatic amines is 1. The summed E-state index contributed by atoms with van der Waals surface area (Å²) in [5.41, 5.74) is -0.00308. The number of aromatic nitrogens is 2. The van der Waals surface area contributed by atoms with Crippen molar-refractivity contribution in [2.75, 3.05) is 26.8 Å². The molecule has 0 bridgehead atoms. The molecule has 0 radical (unpaired) electrons. The van der Waals surface area contributed by atoms with Gasteiger partial charge in [0.05, 0.1) is 0 Å². The van der Waals surface area contributed by atoms with Crippen LogP contribution in [-0.2, 0) is 17.7 Å². The lowest BCUT2D eigenvalue weighted by Crippen LogP contribution is -2.34. The average molecular weight is 255 g/mol. The highest BCUT2D eigenvalue weighted by Gasteiger charge is 2.02. The molecule has 0 aliphatic rings. The minimum atomic E-state index is -0.351. The van der Waals surface area contributed by atoms with Gasteiger partial charge in [-0.25, -0.2) is 4.79 Å². The molecule has 1 rings (SSSR count). The van der Waals surface area contributed by atoms with Crippen molar-refractivity contribution in [2.24, 2.45) is 0 Å². The summed E-state index contributed by atoms with van der Waals surface area (Å²) in [4.78, 5) is 25.2. The fourth-order valence-corrected chi connectivity index (χ4v) is 1.64. The average Bonchev–Trinajstić information content (AvgIpc) is 2.36. The van der Waals surface area contributed by atoms with E-state index in [0.717, 1.165) is 19.6 Å². The van der Waals surface area contributed by atoms with Gasteiger partial charge in [0.2, 0.25) is 0 Å². The van der Waals surface area contributed by atoms with E-state index in [9.17, 15) is 9.59 Å². The first-order chi connectivity index (χ1) is 8.69. The van der Waals surface area contributed by atoms with Crippen LogP contribution in [0.25, 0.3) is 0 Å². The summed E-state index contributed by atoms with van der Waals surface area (Å²) >= 11 is 0. The van der Waals surface area contributed by atoms with Crippen molar-refractivity contribution in [2.45, 2.75) is 26.3 Å². The summed E-state index contributed by atoms with van der Waals surface area (Å²) in [6.07, 6.45) is 3.20. The largest absolute Gasteiger partial charge is 0.385 e. The fourth-order valence-electron chi connectivity index (χ4n) is 1.64. The Kier molecular flexibility index (Phi) is 6.38. The van der Waals surface area contributed by atoms with Gasteiger partial charge in [0, 0.05) is 38.6 Å². The second-order valence-electron chi connectivity index (χ2n) is 4.06. The second-order valence-corrected chi connectivity index (χ2v) is 4.06. The van der Waals surface area contributed by atoms with Crippen molar-refractivity contribution < 1.29 is 4.74 Å². The summed E-state index contributed by atoms with van der Waals surface area (Å²) in [5.74, 6) is 0. The smallest absolute Gasteiger partial charge is 0.328 e. The van der Waals surface area contributed by atoms with E-state index < -0.39 is 0 Å².